The number of rotatable bonds is 9. The average Bonchev–Trinajstić information content (AvgIpc) is 2.84. The van der Waals surface area contributed by atoms with Crippen LogP contribution in [0.5, 0.6) is 0 Å². The lowest BCUT2D eigenvalue weighted by Gasteiger charge is -2.47. The summed E-state index contributed by atoms with van der Waals surface area (Å²) < 4.78 is 33.1. The van der Waals surface area contributed by atoms with Gasteiger partial charge in [0.2, 0.25) is 0 Å². The molecule has 212 valence electrons. The van der Waals surface area contributed by atoms with Crippen LogP contribution in [0.25, 0.3) is 0 Å². The molecule has 0 amide bonds. The van der Waals surface area contributed by atoms with Crippen molar-refractivity contribution in [1.29, 1.82) is 0 Å². The molecule has 0 saturated carbocycles. The van der Waals surface area contributed by atoms with Gasteiger partial charge in [0.15, 0.2) is 18.9 Å². The molecule has 3 rings (SSSR count). The van der Waals surface area contributed by atoms with Crippen LogP contribution in [0.1, 0.15) is 20.3 Å². The van der Waals surface area contributed by atoms with Crippen LogP contribution in [0.3, 0.4) is 0 Å². The Hall–Kier alpha value is -0.600. The maximum atomic E-state index is 10.7. The third-order valence-corrected chi connectivity index (χ3v) is 6.36. The van der Waals surface area contributed by atoms with Crippen molar-refractivity contribution in [2.45, 2.75) is 112 Å². The van der Waals surface area contributed by atoms with Gasteiger partial charge in [-0.05, 0) is 13.8 Å². The maximum absolute atomic E-state index is 10.7. The van der Waals surface area contributed by atoms with Crippen LogP contribution in [-0.2, 0) is 28.4 Å². The van der Waals surface area contributed by atoms with Crippen LogP contribution in [0.15, 0.2) is 0 Å². The number of ether oxygens (including phenoxy) is 6. The van der Waals surface area contributed by atoms with E-state index in [1.165, 1.54) is 0 Å². The average molecular weight is 531 g/mol. The summed E-state index contributed by atoms with van der Waals surface area (Å²) in [6, 6.07) is 0. The lowest BCUT2D eigenvalue weighted by Crippen LogP contribution is -2.65. The van der Waals surface area contributed by atoms with Crippen molar-refractivity contribution in [2.75, 3.05) is 19.8 Å². The minimum absolute atomic E-state index is 0.226. The van der Waals surface area contributed by atoms with Gasteiger partial charge in [-0.1, -0.05) is 0 Å². The lowest BCUT2D eigenvalue weighted by atomic mass is 9.96. The highest BCUT2D eigenvalue weighted by Gasteiger charge is 2.52. The Labute approximate surface area is 207 Å². The van der Waals surface area contributed by atoms with Gasteiger partial charge in [-0.2, -0.15) is 0 Å². The van der Waals surface area contributed by atoms with Crippen LogP contribution in [0, 0.1) is 0 Å². The molecule has 3 saturated heterocycles. The standard InChI is InChI=1S/C21H38O15/c1-7(2)31-20-16(29)15(28)19(11(6-24)33-20)36-21-17(30)14(27)18(10(5-23)34-21)35-12-3-8(25)13(26)9(4-22)32-12/h7-30H,3-6H2,1-2H3. The van der Waals surface area contributed by atoms with E-state index in [1.54, 1.807) is 13.8 Å². The SMILES string of the molecule is CC(C)OC1OC(CO)C(OC2OC(CO)C(OC3CC(O)C(O)C(CO)O3)C(O)C2O)C(O)C1O. The molecule has 14 atom stereocenters. The van der Waals surface area contributed by atoms with E-state index in [1.807, 2.05) is 0 Å². The number of aliphatic hydroxyl groups excluding tert-OH is 9. The fourth-order valence-electron chi connectivity index (χ4n) is 4.42. The summed E-state index contributed by atoms with van der Waals surface area (Å²) in [7, 11) is 0. The maximum Gasteiger partial charge on any atom is 0.187 e. The highest BCUT2D eigenvalue weighted by molar-refractivity contribution is 4.95. The fraction of sp³-hybridized carbons (Fsp3) is 1.00. The Balaban J connectivity index is 1.68. The Morgan fingerprint density at radius 2 is 1.14 bits per heavy atom. The van der Waals surface area contributed by atoms with Gasteiger partial charge >= 0.3 is 0 Å². The first kappa shape index (κ1) is 29.9. The topological polar surface area (TPSA) is 237 Å². The third-order valence-electron chi connectivity index (χ3n) is 6.36. The van der Waals surface area contributed by atoms with Gasteiger partial charge in [0.05, 0.1) is 32.0 Å². The van der Waals surface area contributed by atoms with Gasteiger partial charge in [-0.25, -0.2) is 0 Å². The molecule has 3 fully saturated rings. The minimum atomic E-state index is -1.79. The molecule has 0 spiro atoms. The third kappa shape index (κ3) is 6.51. The molecule has 0 aromatic rings. The Morgan fingerprint density at radius 1 is 0.639 bits per heavy atom. The second kappa shape index (κ2) is 13.0. The molecule has 3 aliphatic heterocycles. The van der Waals surface area contributed by atoms with Crippen molar-refractivity contribution < 1.29 is 74.4 Å². The van der Waals surface area contributed by atoms with Crippen molar-refractivity contribution in [3.05, 3.63) is 0 Å². The molecular formula is C21H38O15. The zero-order valence-corrected chi connectivity index (χ0v) is 20.0. The quantitative estimate of drug-likeness (QED) is 0.135. The highest BCUT2D eigenvalue weighted by Crippen LogP contribution is 2.32. The summed E-state index contributed by atoms with van der Waals surface area (Å²) in [5, 5.41) is 91.1. The van der Waals surface area contributed by atoms with Gasteiger partial charge in [0, 0.05) is 6.42 Å². The summed E-state index contributed by atoms with van der Waals surface area (Å²) in [5.74, 6) is 0. The molecule has 15 nitrogen and oxygen atoms in total. The molecule has 3 aliphatic rings. The smallest absolute Gasteiger partial charge is 0.187 e. The first-order chi connectivity index (χ1) is 17.0. The van der Waals surface area contributed by atoms with E-state index in [0.29, 0.717) is 0 Å². The van der Waals surface area contributed by atoms with Crippen molar-refractivity contribution in [1.82, 2.24) is 0 Å². The largest absolute Gasteiger partial charge is 0.394 e. The predicted octanol–water partition coefficient (Wildman–Crippen LogP) is -5.11. The van der Waals surface area contributed by atoms with E-state index < -0.39 is 106 Å². The number of aliphatic hydroxyl groups is 9. The van der Waals surface area contributed by atoms with Crippen LogP contribution in [-0.4, -0.2) is 158 Å². The van der Waals surface area contributed by atoms with Gasteiger partial charge in [-0.15, -0.1) is 0 Å². The van der Waals surface area contributed by atoms with Crippen molar-refractivity contribution in [3.63, 3.8) is 0 Å². The Morgan fingerprint density at radius 3 is 1.67 bits per heavy atom. The normalized spacial score (nSPS) is 48.3. The summed E-state index contributed by atoms with van der Waals surface area (Å²) >= 11 is 0. The predicted molar refractivity (Wildman–Crippen MR) is 114 cm³/mol. The van der Waals surface area contributed by atoms with Crippen LogP contribution in [0.2, 0.25) is 0 Å². The zero-order valence-electron chi connectivity index (χ0n) is 20.0. The number of hydrogen-bond donors (Lipinski definition) is 9. The summed E-state index contributed by atoms with van der Waals surface area (Å²) in [6.07, 6.45) is -20.5. The van der Waals surface area contributed by atoms with Crippen LogP contribution < -0.4 is 0 Å². The molecular weight excluding hydrogens is 492 g/mol. The molecule has 9 N–H and O–H groups in total. The molecule has 0 aliphatic carbocycles. The second-order valence-corrected chi connectivity index (χ2v) is 9.38. The zero-order chi connectivity index (χ0) is 26.7. The molecule has 0 aromatic carbocycles. The van der Waals surface area contributed by atoms with E-state index >= 15 is 0 Å². The summed E-state index contributed by atoms with van der Waals surface area (Å²) in [6.45, 7) is 1.40. The fourth-order valence-corrected chi connectivity index (χ4v) is 4.42. The first-order valence-corrected chi connectivity index (χ1v) is 11.9. The summed E-state index contributed by atoms with van der Waals surface area (Å²) in [5.41, 5.74) is 0. The lowest BCUT2D eigenvalue weighted by molar-refractivity contribution is -0.374. The monoisotopic (exact) mass is 530 g/mol. The van der Waals surface area contributed by atoms with E-state index in [-0.39, 0.29) is 12.5 Å². The van der Waals surface area contributed by atoms with Crippen LogP contribution >= 0.6 is 0 Å². The van der Waals surface area contributed by atoms with E-state index in [0.717, 1.165) is 0 Å². The van der Waals surface area contributed by atoms with E-state index in [9.17, 15) is 46.0 Å². The molecule has 15 heteroatoms. The Bertz CT molecular complexity index is 665. The first-order valence-electron chi connectivity index (χ1n) is 11.9. The summed E-state index contributed by atoms with van der Waals surface area (Å²) in [4.78, 5) is 0. The molecule has 3 heterocycles. The molecule has 36 heavy (non-hydrogen) atoms. The van der Waals surface area contributed by atoms with E-state index in [4.69, 9.17) is 28.4 Å². The van der Waals surface area contributed by atoms with Gasteiger partial charge in [0.25, 0.3) is 0 Å². The van der Waals surface area contributed by atoms with E-state index in [2.05, 4.69) is 0 Å². The van der Waals surface area contributed by atoms with Crippen molar-refractivity contribution in [3.8, 4) is 0 Å². The van der Waals surface area contributed by atoms with Gasteiger partial charge in [0.1, 0.15) is 61.0 Å². The van der Waals surface area contributed by atoms with Gasteiger partial charge < -0.3 is 74.4 Å². The molecule has 0 bridgehead atoms. The minimum Gasteiger partial charge on any atom is -0.394 e. The molecule has 14 unspecified atom stereocenters. The highest BCUT2D eigenvalue weighted by atomic mass is 16.8. The van der Waals surface area contributed by atoms with Crippen molar-refractivity contribution in [2.24, 2.45) is 0 Å². The molecule has 0 radical (unpaired) electrons. The van der Waals surface area contributed by atoms with Crippen LogP contribution in [0.4, 0.5) is 0 Å². The molecule has 0 aromatic heterocycles. The van der Waals surface area contributed by atoms with Crippen molar-refractivity contribution >= 4 is 0 Å². The second-order valence-electron chi connectivity index (χ2n) is 9.38. The Kier molecular flexibility index (Phi) is 10.8. The number of hydrogen-bond acceptors (Lipinski definition) is 15. The van der Waals surface area contributed by atoms with Gasteiger partial charge in [-0.3, -0.25) is 0 Å².